The van der Waals surface area contributed by atoms with E-state index in [-0.39, 0.29) is 16.9 Å². The fourth-order valence-electron chi connectivity index (χ4n) is 2.26. The summed E-state index contributed by atoms with van der Waals surface area (Å²) in [7, 11) is 0. The molecule has 0 saturated carbocycles. The predicted octanol–water partition coefficient (Wildman–Crippen LogP) is 2.59. The number of benzene rings is 1. The molecular formula is C13H6Br3N3O3. The molecule has 0 radical (unpaired) electrons. The van der Waals surface area contributed by atoms with E-state index in [0.29, 0.717) is 14.6 Å². The predicted molar refractivity (Wildman–Crippen MR) is 91.3 cm³/mol. The molecule has 1 aliphatic rings. The Morgan fingerprint density at radius 1 is 0.955 bits per heavy atom. The minimum absolute atomic E-state index is 0.00585. The summed E-state index contributed by atoms with van der Waals surface area (Å²) in [4.78, 5) is 35.9. The van der Waals surface area contributed by atoms with Crippen LogP contribution in [0.3, 0.4) is 0 Å². The van der Waals surface area contributed by atoms with Crippen LogP contribution in [0.15, 0.2) is 36.4 Å². The smallest absolute Gasteiger partial charge is 0.262 e. The zero-order valence-electron chi connectivity index (χ0n) is 10.6. The molecule has 1 aliphatic heterocycles. The highest BCUT2D eigenvalue weighted by Gasteiger charge is 2.32. The summed E-state index contributed by atoms with van der Waals surface area (Å²) in [5.74, 6) is -1.32. The summed E-state index contributed by atoms with van der Waals surface area (Å²) >= 11 is 10.1. The molecule has 1 aromatic carbocycles. The van der Waals surface area contributed by atoms with Crippen molar-refractivity contribution in [2.75, 3.05) is 5.73 Å². The Balaban J connectivity index is 2.40. The summed E-state index contributed by atoms with van der Waals surface area (Å²) in [6.45, 7) is 0. The second kappa shape index (κ2) is 5.32. The maximum absolute atomic E-state index is 12.4. The molecule has 0 saturated heterocycles. The van der Waals surface area contributed by atoms with E-state index < -0.39 is 17.4 Å². The molecule has 2 amide bonds. The number of nitrogens with zero attached hydrogens (tertiary/aromatic N) is 1. The van der Waals surface area contributed by atoms with Crippen molar-refractivity contribution >= 4 is 65.4 Å². The van der Waals surface area contributed by atoms with Crippen LogP contribution in [0.25, 0.3) is 5.69 Å². The van der Waals surface area contributed by atoms with Crippen LogP contribution in [0.5, 0.6) is 0 Å². The highest BCUT2D eigenvalue weighted by Crippen LogP contribution is 2.34. The molecule has 6 nitrogen and oxygen atoms in total. The molecule has 0 fully saturated rings. The second-order valence-electron chi connectivity index (χ2n) is 4.49. The number of hydrogen-bond acceptors (Lipinski definition) is 4. The van der Waals surface area contributed by atoms with Crippen LogP contribution in [0.4, 0.5) is 5.82 Å². The monoisotopic (exact) mass is 489 g/mol. The quantitative estimate of drug-likeness (QED) is 0.600. The van der Waals surface area contributed by atoms with Gasteiger partial charge >= 0.3 is 0 Å². The molecule has 2 heterocycles. The molecule has 112 valence electrons. The van der Waals surface area contributed by atoms with Gasteiger partial charge < -0.3 is 5.73 Å². The number of pyridine rings is 1. The van der Waals surface area contributed by atoms with Crippen molar-refractivity contribution in [1.82, 2.24) is 9.88 Å². The third-order valence-corrected chi connectivity index (χ3v) is 4.83. The van der Waals surface area contributed by atoms with Crippen molar-refractivity contribution in [1.29, 1.82) is 0 Å². The number of hydrogen-bond donors (Lipinski definition) is 2. The molecule has 0 spiro atoms. The number of fused-ring (bicyclic) bond motifs is 1. The van der Waals surface area contributed by atoms with Gasteiger partial charge in [-0.3, -0.25) is 24.3 Å². The van der Waals surface area contributed by atoms with Gasteiger partial charge in [0, 0.05) is 19.5 Å². The Morgan fingerprint density at radius 2 is 1.55 bits per heavy atom. The molecule has 0 bridgehead atoms. The largest absolute Gasteiger partial charge is 0.384 e. The van der Waals surface area contributed by atoms with Gasteiger partial charge in [-0.2, -0.15) is 0 Å². The first-order valence-electron chi connectivity index (χ1n) is 5.87. The van der Waals surface area contributed by atoms with Crippen LogP contribution < -0.4 is 16.6 Å². The highest BCUT2D eigenvalue weighted by molar-refractivity contribution is 9.11. The molecular weight excluding hydrogens is 486 g/mol. The van der Waals surface area contributed by atoms with Gasteiger partial charge in [-0.05, 0) is 44.0 Å². The van der Waals surface area contributed by atoms with Crippen molar-refractivity contribution < 1.29 is 9.59 Å². The Kier molecular flexibility index (Phi) is 3.74. The third kappa shape index (κ3) is 2.24. The van der Waals surface area contributed by atoms with Crippen molar-refractivity contribution in [3.8, 4) is 5.69 Å². The van der Waals surface area contributed by atoms with Gasteiger partial charge in [0.25, 0.3) is 17.4 Å². The van der Waals surface area contributed by atoms with E-state index >= 15 is 0 Å². The Labute approximate surface area is 149 Å². The molecule has 2 aromatic rings. The number of nitrogens with one attached hydrogen (secondary N) is 1. The van der Waals surface area contributed by atoms with E-state index in [1.165, 1.54) is 4.57 Å². The van der Waals surface area contributed by atoms with Crippen LogP contribution in [0, 0.1) is 0 Å². The standard InChI is InChI=1S/C13H6Br3N3O3/c14-4-1-6(15)10(7(16)2-4)19-8(20)3-5-9(11(19)17)13(22)18-12(5)21/h1-3H,17H2,(H,18,21,22). The highest BCUT2D eigenvalue weighted by atomic mass is 79.9. The average Bonchev–Trinajstić information content (AvgIpc) is 2.67. The number of nitrogens with two attached hydrogens (primary N) is 1. The van der Waals surface area contributed by atoms with Crippen molar-refractivity contribution in [2.45, 2.75) is 0 Å². The number of carbonyl (C=O) groups excluding carboxylic acids is 2. The number of amides is 2. The second-order valence-corrected chi connectivity index (χ2v) is 7.12. The first-order chi connectivity index (χ1) is 10.3. The lowest BCUT2D eigenvalue weighted by Crippen LogP contribution is -2.24. The lowest BCUT2D eigenvalue weighted by atomic mass is 10.1. The van der Waals surface area contributed by atoms with E-state index in [4.69, 9.17) is 5.73 Å². The number of anilines is 1. The Morgan fingerprint density at radius 3 is 2.14 bits per heavy atom. The maximum Gasteiger partial charge on any atom is 0.262 e. The summed E-state index contributed by atoms with van der Waals surface area (Å²) < 4.78 is 3.15. The van der Waals surface area contributed by atoms with E-state index in [0.717, 1.165) is 10.5 Å². The maximum atomic E-state index is 12.4. The van der Waals surface area contributed by atoms with Crippen molar-refractivity contribution in [2.24, 2.45) is 0 Å². The van der Waals surface area contributed by atoms with Crippen LogP contribution in [-0.4, -0.2) is 16.4 Å². The van der Waals surface area contributed by atoms with Gasteiger partial charge in [-0.25, -0.2) is 0 Å². The zero-order chi connectivity index (χ0) is 16.2. The number of carbonyl (C=O) groups is 2. The third-order valence-electron chi connectivity index (χ3n) is 3.16. The zero-order valence-corrected chi connectivity index (χ0v) is 15.4. The van der Waals surface area contributed by atoms with Gasteiger partial charge in [0.2, 0.25) is 0 Å². The summed E-state index contributed by atoms with van der Waals surface area (Å²) in [6.07, 6.45) is 0. The molecule has 9 heteroatoms. The van der Waals surface area contributed by atoms with E-state index in [1.807, 2.05) is 0 Å². The normalized spacial score (nSPS) is 13.2. The first-order valence-corrected chi connectivity index (χ1v) is 8.25. The SMILES string of the molecule is Nc1c2c(cc(=O)n1-c1c(Br)cc(Br)cc1Br)C(=O)NC2=O. The van der Waals surface area contributed by atoms with Crippen molar-refractivity contribution in [3.05, 3.63) is 53.1 Å². The van der Waals surface area contributed by atoms with Crippen molar-refractivity contribution in [3.63, 3.8) is 0 Å². The Bertz CT molecular complexity index is 898. The van der Waals surface area contributed by atoms with Crippen LogP contribution in [0.1, 0.15) is 20.7 Å². The summed E-state index contributed by atoms with van der Waals surface area (Å²) in [5.41, 5.74) is 5.93. The topological polar surface area (TPSA) is 94.2 Å². The number of halogens is 3. The number of aromatic nitrogens is 1. The number of imide groups is 1. The minimum Gasteiger partial charge on any atom is -0.384 e. The number of nitrogen functional groups attached to an aromatic ring is 1. The minimum atomic E-state index is -0.620. The molecule has 3 rings (SSSR count). The van der Waals surface area contributed by atoms with Gasteiger partial charge in [0.15, 0.2) is 0 Å². The molecule has 1 aromatic heterocycles. The van der Waals surface area contributed by atoms with Gasteiger partial charge in [-0.15, -0.1) is 0 Å². The average molecular weight is 492 g/mol. The van der Waals surface area contributed by atoms with Crippen LogP contribution in [0.2, 0.25) is 0 Å². The fourth-order valence-corrected chi connectivity index (χ4v) is 4.87. The Hall–Kier alpha value is -1.45. The lowest BCUT2D eigenvalue weighted by Gasteiger charge is -2.15. The van der Waals surface area contributed by atoms with Gasteiger partial charge in [0.05, 0.1) is 16.8 Å². The molecule has 0 atom stereocenters. The first kappa shape index (κ1) is 15.4. The number of rotatable bonds is 1. The molecule has 3 N–H and O–H groups in total. The van der Waals surface area contributed by atoms with E-state index in [2.05, 4.69) is 53.1 Å². The van der Waals surface area contributed by atoms with E-state index in [9.17, 15) is 14.4 Å². The van der Waals surface area contributed by atoms with Gasteiger partial charge in [-0.1, -0.05) is 15.9 Å². The lowest BCUT2D eigenvalue weighted by molar-refractivity contribution is 0.0880. The van der Waals surface area contributed by atoms with Crippen LogP contribution >= 0.6 is 47.8 Å². The molecule has 22 heavy (non-hydrogen) atoms. The summed E-state index contributed by atoms with van der Waals surface area (Å²) in [5, 5.41) is 2.13. The van der Waals surface area contributed by atoms with E-state index in [1.54, 1.807) is 12.1 Å². The van der Waals surface area contributed by atoms with Gasteiger partial charge in [0.1, 0.15) is 5.82 Å². The van der Waals surface area contributed by atoms with Crippen LogP contribution in [-0.2, 0) is 0 Å². The molecule has 0 aliphatic carbocycles. The fraction of sp³-hybridized carbons (Fsp3) is 0. The summed E-state index contributed by atoms with van der Waals surface area (Å²) in [6, 6.07) is 4.59. The molecule has 0 unspecified atom stereocenters.